The molecule has 0 aliphatic heterocycles. The van der Waals surface area contributed by atoms with Crippen LogP contribution < -0.4 is 21.7 Å². The van der Waals surface area contributed by atoms with E-state index >= 15 is 0 Å². The van der Waals surface area contributed by atoms with Crippen molar-refractivity contribution in [1.29, 1.82) is 0 Å². The number of benzene rings is 3. The Morgan fingerprint density at radius 1 is 0.652 bits per heavy atom. The summed E-state index contributed by atoms with van der Waals surface area (Å²) in [5.41, 5.74) is 9.38. The third-order valence-electron chi connectivity index (χ3n) is 7.54. The largest absolute Gasteiger partial charge is 0.481 e. The van der Waals surface area contributed by atoms with Gasteiger partial charge in [-0.3, -0.25) is 19.2 Å². The van der Waals surface area contributed by atoms with E-state index in [1.807, 2.05) is 24.3 Å². The van der Waals surface area contributed by atoms with Gasteiger partial charge in [-0.05, 0) is 35.6 Å². The van der Waals surface area contributed by atoms with Crippen molar-refractivity contribution in [2.75, 3.05) is 0 Å². The molecular formula is C34H37N5O7. The van der Waals surface area contributed by atoms with E-state index in [1.165, 1.54) is 0 Å². The first kappa shape index (κ1) is 33.4. The van der Waals surface area contributed by atoms with Crippen molar-refractivity contribution in [3.8, 4) is 0 Å². The van der Waals surface area contributed by atoms with E-state index in [0.717, 1.165) is 16.5 Å². The van der Waals surface area contributed by atoms with Gasteiger partial charge in [-0.2, -0.15) is 0 Å². The maximum atomic E-state index is 13.7. The lowest BCUT2D eigenvalue weighted by molar-refractivity contribution is -0.143. The summed E-state index contributed by atoms with van der Waals surface area (Å²) in [6, 6.07) is 20.2. The first-order chi connectivity index (χ1) is 22.1. The molecule has 3 amide bonds. The lowest BCUT2D eigenvalue weighted by Gasteiger charge is -2.25. The Kier molecular flexibility index (Phi) is 11.6. The monoisotopic (exact) mass is 627 g/mol. The molecule has 0 aliphatic rings. The van der Waals surface area contributed by atoms with E-state index in [-0.39, 0.29) is 25.7 Å². The Balaban J connectivity index is 1.50. The van der Waals surface area contributed by atoms with E-state index in [9.17, 15) is 34.2 Å². The fourth-order valence-corrected chi connectivity index (χ4v) is 5.10. The number of para-hydroxylation sites is 1. The van der Waals surface area contributed by atoms with Gasteiger partial charge in [0.1, 0.15) is 18.1 Å². The highest BCUT2D eigenvalue weighted by Gasteiger charge is 2.31. The van der Waals surface area contributed by atoms with Crippen molar-refractivity contribution in [3.05, 3.63) is 108 Å². The number of rotatable bonds is 16. The quantitative estimate of drug-likeness (QED) is 0.0975. The number of aromatic nitrogens is 1. The number of hydrogen-bond donors (Lipinski definition) is 7. The average Bonchev–Trinajstić information content (AvgIpc) is 3.45. The molecule has 8 N–H and O–H groups in total. The number of carbonyl (C=O) groups is 5. The minimum atomic E-state index is -1.39. The van der Waals surface area contributed by atoms with Gasteiger partial charge in [0, 0.05) is 36.4 Å². The zero-order valence-corrected chi connectivity index (χ0v) is 25.0. The number of fused-ring (bicyclic) bond motifs is 1. The van der Waals surface area contributed by atoms with Gasteiger partial charge in [-0.1, -0.05) is 78.9 Å². The second kappa shape index (κ2) is 16.0. The highest BCUT2D eigenvalue weighted by Crippen LogP contribution is 2.19. The molecule has 4 aromatic rings. The molecule has 46 heavy (non-hydrogen) atoms. The summed E-state index contributed by atoms with van der Waals surface area (Å²) in [4.78, 5) is 66.7. The molecule has 12 heteroatoms. The van der Waals surface area contributed by atoms with Crippen molar-refractivity contribution >= 4 is 40.6 Å². The van der Waals surface area contributed by atoms with Crippen LogP contribution in [0.3, 0.4) is 0 Å². The van der Waals surface area contributed by atoms with Crippen molar-refractivity contribution in [1.82, 2.24) is 20.9 Å². The second-order valence-electron chi connectivity index (χ2n) is 11.0. The van der Waals surface area contributed by atoms with Crippen LogP contribution in [0.15, 0.2) is 91.1 Å². The molecule has 0 aliphatic carbocycles. The number of aromatic amines is 1. The number of carbonyl (C=O) groups excluding carboxylic acids is 3. The van der Waals surface area contributed by atoms with Crippen molar-refractivity contribution in [3.63, 3.8) is 0 Å². The SMILES string of the molecule is NC(Cc1c[nH]c2ccccc12)C(=O)NC(Cc1ccccc1)C(=O)NC(CCC(=O)O)C(=O)NC(Cc1ccccc1)C(=O)O. The summed E-state index contributed by atoms with van der Waals surface area (Å²) < 4.78 is 0. The number of carboxylic acids is 2. The normalized spacial score (nSPS) is 13.6. The predicted octanol–water partition coefficient (Wildman–Crippen LogP) is 1.93. The standard InChI is InChI=1S/C34H37N5O7/c35-25(19-23-20-36-26-14-8-7-13-24(23)26)31(42)38-28(17-21-9-3-1-4-10-21)33(44)37-27(15-16-30(40)41)32(43)39-29(34(45)46)18-22-11-5-2-6-12-22/h1-14,20,25,27-29,36H,15-19,35H2,(H,37,44)(H,38,42)(H,39,43)(H,40,41)(H,45,46). The molecule has 0 saturated heterocycles. The molecule has 240 valence electrons. The van der Waals surface area contributed by atoms with E-state index < -0.39 is 60.2 Å². The van der Waals surface area contributed by atoms with Gasteiger partial charge in [0.25, 0.3) is 0 Å². The Bertz CT molecular complexity index is 1660. The lowest BCUT2D eigenvalue weighted by atomic mass is 10.0. The van der Waals surface area contributed by atoms with Gasteiger partial charge < -0.3 is 36.9 Å². The Hall–Kier alpha value is -5.49. The number of carboxylic acid groups (broad SMARTS) is 2. The molecule has 0 fully saturated rings. The molecule has 3 aromatic carbocycles. The first-order valence-electron chi connectivity index (χ1n) is 14.8. The molecule has 1 heterocycles. The molecule has 1 aromatic heterocycles. The topological polar surface area (TPSA) is 204 Å². The van der Waals surface area contributed by atoms with Gasteiger partial charge in [0.15, 0.2) is 0 Å². The number of nitrogens with two attached hydrogens (primary N) is 1. The van der Waals surface area contributed by atoms with Crippen molar-refractivity contribution in [2.45, 2.75) is 56.3 Å². The van der Waals surface area contributed by atoms with E-state index in [0.29, 0.717) is 11.1 Å². The van der Waals surface area contributed by atoms with Crippen LogP contribution in [0.4, 0.5) is 0 Å². The lowest BCUT2D eigenvalue weighted by Crippen LogP contribution is -2.58. The van der Waals surface area contributed by atoms with Crippen LogP contribution in [0, 0.1) is 0 Å². The summed E-state index contributed by atoms with van der Waals surface area (Å²) in [6.07, 6.45) is 1.22. The molecule has 4 atom stereocenters. The summed E-state index contributed by atoms with van der Waals surface area (Å²) in [5.74, 6) is -4.71. The molecule has 4 unspecified atom stereocenters. The Labute approximate surface area is 265 Å². The zero-order chi connectivity index (χ0) is 33.1. The third-order valence-corrected chi connectivity index (χ3v) is 7.54. The molecule has 0 bridgehead atoms. The Morgan fingerprint density at radius 2 is 1.17 bits per heavy atom. The highest BCUT2D eigenvalue weighted by atomic mass is 16.4. The van der Waals surface area contributed by atoms with Crippen molar-refractivity contribution in [2.24, 2.45) is 5.73 Å². The van der Waals surface area contributed by atoms with Crippen LogP contribution in [0.5, 0.6) is 0 Å². The summed E-state index contributed by atoms with van der Waals surface area (Å²) >= 11 is 0. The van der Waals surface area contributed by atoms with Crippen LogP contribution in [0.25, 0.3) is 10.9 Å². The smallest absolute Gasteiger partial charge is 0.326 e. The van der Waals surface area contributed by atoms with Gasteiger partial charge in [-0.25, -0.2) is 4.79 Å². The molecule has 4 rings (SSSR count). The fourth-order valence-electron chi connectivity index (χ4n) is 5.10. The maximum absolute atomic E-state index is 13.7. The molecule has 0 spiro atoms. The van der Waals surface area contributed by atoms with Crippen LogP contribution in [-0.2, 0) is 43.2 Å². The number of hydrogen-bond acceptors (Lipinski definition) is 6. The van der Waals surface area contributed by atoms with Gasteiger partial charge in [0.2, 0.25) is 17.7 Å². The molecule has 12 nitrogen and oxygen atoms in total. The third kappa shape index (κ3) is 9.50. The van der Waals surface area contributed by atoms with Gasteiger partial charge in [0.05, 0.1) is 6.04 Å². The molecular weight excluding hydrogens is 590 g/mol. The van der Waals surface area contributed by atoms with Gasteiger partial charge in [-0.15, -0.1) is 0 Å². The number of amides is 3. The van der Waals surface area contributed by atoms with E-state index in [4.69, 9.17) is 5.73 Å². The van der Waals surface area contributed by atoms with Gasteiger partial charge >= 0.3 is 11.9 Å². The zero-order valence-electron chi connectivity index (χ0n) is 25.0. The Morgan fingerprint density at radius 3 is 1.78 bits per heavy atom. The molecule has 0 saturated carbocycles. The molecule has 0 radical (unpaired) electrons. The average molecular weight is 628 g/mol. The summed E-state index contributed by atoms with van der Waals surface area (Å²) in [6.45, 7) is 0. The second-order valence-corrected chi connectivity index (χ2v) is 11.0. The van der Waals surface area contributed by atoms with Crippen molar-refractivity contribution < 1.29 is 34.2 Å². The number of nitrogens with one attached hydrogen (secondary N) is 4. The van der Waals surface area contributed by atoms with Crippen LogP contribution in [0.2, 0.25) is 0 Å². The number of H-pyrrole nitrogens is 1. The maximum Gasteiger partial charge on any atom is 0.326 e. The predicted molar refractivity (Wildman–Crippen MR) is 171 cm³/mol. The van der Waals surface area contributed by atoms with Crippen LogP contribution in [-0.4, -0.2) is 69.0 Å². The van der Waals surface area contributed by atoms with Crippen LogP contribution in [0.1, 0.15) is 29.5 Å². The van der Waals surface area contributed by atoms with E-state index in [2.05, 4.69) is 20.9 Å². The van der Waals surface area contributed by atoms with Crippen LogP contribution >= 0.6 is 0 Å². The fraction of sp³-hybridized carbons (Fsp3) is 0.265. The highest BCUT2D eigenvalue weighted by molar-refractivity contribution is 5.95. The number of aliphatic carboxylic acids is 2. The minimum absolute atomic E-state index is 0.0253. The summed E-state index contributed by atoms with van der Waals surface area (Å²) in [5, 5.41) is 27.6. The van der Waals surface area contributed by atoms with E-state index in [1.54, 1.807) is 66.9 Å². The first-order valence-corrected chi connectivity index (χ1v) is 14.8. The summed E-state index contributed by atoms with van der Waals surface area (Å²) in [7, 11) is 0. The minimum Gasteiger partial charge on any atom is -0.481 e.